The summed E-state index contributed by atoms with van der Waals surface area (Å²) >= 11 is 5.99. The fraction of sp³-hybridized carbons (Fsp3) is 0.353. The van der Waals surface area contributed by atoms with E-state index in [0.29, 0.717) is 38.3 Å². The number of rotatable bonds is 3. The van der Waals surface area contributed by atoms with Gasteiger partial charge in [-0.3, -0.25) is 4.90 Å². The van der Waals surface area contributed by atoms with Crippen molar-refractivity contribution in [2.45, 2.75) is 12.7 Å². The van der Waals surface area contributed by atoms with Crippen molar-refractivity contribution in [1.29, 1.82) is 0 Å². The van der Waals surface area contributed by atoms with E-state index in [1.165, 1.54) is 23.2 Å². The largest absolute Gasteiger partial charge is 0.476 e. The minimum absolute atomic E-state index is 0.0473. The van der Waals surface area contributed by atoms with E-state index in [1.807, 2.05) is 4.90 Å². The van der Waals surface area contributed by atoms with Crippen molar-refractivity contribution in [3.05, 3.63) is 52.3 Å². The van der Waals surface area contributed by atoms with E-state index < -0.39 is 23.7 Å². The average Bonchev–Trinajstić information content (AvgIpc) is 3.13. The number of carboxylic acid groups (broad SMARTS) is 1. The Labute approximate surface area is 162 Å². The summed E-state index contributed by atoms with van der Waals surface area (Å²) in [7, 11) is 0. The van der Waals surface area contributed by atoms with Crippen LogP contribution in [-0.4, -0.2) is 62.9 Å². The number of carboxylic acids is 1. The fourth-order valence-corrected chi connectivity index (χ4v) is 3.12. The van der Waals surface area contributed by atoms with Gasteiger partial charge >= 0.3 is 18.2 Å². The molecule has 0 radical (unpaired) electrons. The number of aromatic nitrogens is 2. The third kappa shape index (κ3) is 4.45. The summed E-state index contributed by atoms with van der Waals surface area (Å²) in [4.78, 5) is 26.7. The first-order valence-electron chi connectivity index (χ1n) is 8.31. The molecule has 1 aliphatic heterocycles. The van der Waals surface area contributed by atoms with Crippen LogP contribution in [0.2, 0.25) is 5.02 Å². The van der Waals surface area contributed by atoms with Crippen molar-refractivity contribution in [2.75, 3.05) is 26.2 Å². The monoisotopic (exact) mass is 416 g/mol. The predicted molar refractivity (Wildman–Crippen MR) is 93.3 cm³/mol. The molecular weight excluding hydrogens is 401 g/mol. The highest BCUT2D eigenvalue weighted by molar-refractivity contribution is 6.31. The second-order valence-corrected chi connectivity index (χ2v) is 6.71. The number of carbonyl (C=O) groups excluding carboxylic acids is 1. The molecule has 0 saturated carbocycles. The zero-order chi connectivity index (χ0) is 20.5. The van der Waals surface area contributed by atoms with E-state index in [2.05, 4.69) is 5.10 Å². The second-order valence-electron chi connectivity index (χ2n) is 6.30. The van der Waals surface area contributed by atoms with Gasteiger partial charge in [-0.25, -0.2) is 9.59 Å². The Balaban J connectivity index is 1.58. The highest BCUT2D eigenvalue weighted by atomic mass is 35.5. The zero-order valence-electron chi connectivity index (χ0n) is 14.5. The molecule has 0 unspecified atom stereocenters. The molecule has 1 amide bonds. The Morgan fingerprint density at radius 2 is 1.82 bits per heavy atom. The van der Waals surface area contributed by atoms with E-state index in [4.69, 9.17) is 16.7 Å². The van der Waals surface area contributed by atoms with Gasteiger partial charge in [-0.2, -0.15) is 23.0 Å². The van der Waals surface area contributed by atoms with Gasteiger partial charge in [0.2, 0.25) is 0 Å². The molecule has 7 nitrogen and oxygen atoms in total. The molecule has 1 aromatic carbocycles. The predicted octanol–water partition coefficient (Wildman–Crippen LogP) is 3.04. The van der Waals surface area contributed by atoms with Crippen LogP contribution in [0.3, 0.4) is 0 Å². The van der Waals surface area contributed by atoms with Crippen LogP contribution in [0.5, 0.6) is 0 Å². The number of nitrogens with zero attached hydrogens (tertiary/aromatic N) is 4. The minimum Gasteiger partial charge on any atom is -0.476 e. The van der Waals surface area contributed by atoms with Gasteiger partial charge in [0.05, 0.1) is 5.56 Å². The highest BCUT2D eigenvalue weighted by Gasteiger charge is 2.31. The summed E-state index contributed by atoms with van der Waals surface area (Å²) < 4.78 is 39.1. The van der Waals surface area contributed by atoms with E-state index >= 15 is 0 Å². The number of aromatic carboxylic acids is 1. The van der Waals surface area contributed by atoms with E-state index in [1.54, 1.807) is 0 Å². The number of carbonyl (C=O) groups is 2. The number of amides is 1. The Morgan fingerprint density at radius 1 is 1.14 bits per heavy atom. The first kappa shape index (κ1) is 20.2. The van der Waals surface area contributed by atoms with Gasteiger partial charge in [-0.1, -0.05) is 17.7 Å². The zero-order valence-corrected chi connectivity index (χ0v) is 15.2. The third-order valence-corrected chi connectivity index (χ3v) is 4.77. The first-order valence-corrected chi connectivity index (χ1v) is 8.69. The molecule has 2 heterocycles. The molecule has 28 heavy (non-hydrogen) atoms. The van der Waals surface area contributed by atoms with Gasteiger partial charge in [-0.05, 0) is 23.8 Å². The topological polar surface area (TPSA) is 78.7 Å². The van der Waals surface area contributed by atoms with E-state index in [-0.39, 0.29) is 10.7 Å². The van der Waals surface area contributed by atoms with Crippen LogP contribution in [0, 0.1) is 0 Å². The summed E-state index contributed by atoms with van der Waals surface area (Å²) in [5, 5.41) is 12.6. The molecule has 1 fully saturated rings. The van der Waals surface area contributed by atoms with Gasteiger partial charge in [-0.15, -0.1) is 0 Å². The number of halogens is 4. The first-order chi connectivity index (χ1) is 13.1. The van der Waals surface area contributed by atoms with Gasteiger partial charge in [0.1, 0.15) is 0 Å². The molecule has 150 valence electrons. The maximum atomic E-state index is 12.7. The van der Waals surface area contributed by atoms with Crippen LogP contribution >= 0.6 is 11.6 Å². The Bertz CT molecular complexity index is 892. The maximum Gasteiger partial charge on any atom is 0.416 e. The van der Waals surface area contributed by atoms with E-state index in [9.17, 15) is 22.8 Å². The number of piperazine rings is 1. The standard InChI is InChI=1S/C17H16ClF3N4O3/c18-13-9-12(17(19,20)21)2-1-11(13)10-23-5-7-24(8-6-23)16(28)25-4-3-14(22-25)15(26)27/h1-4,9H,5-8,10H2,(H,26,27). The molecule has 0 aliphatic carbocycles. The Hall–Kier alpha value is -2.59. The number of hydrogen-bond acceptors (Lipinski definition) is 4. The Kier molecular flexibility index (Phi) is 5.61. The van der Waals surface area contributed by atoms with Crippen molar-refractivity contribution >= 4 is 23.6 Å². The van der Waals surface area contributed by atoms with Gasteiger partial charge in [0, 0.05) is 43.9 Å². The smallest absolute Gasteiger partial charge is 0.416 e. The molecular formula is C17H16ClF3N4O3. The molecule has 0 atom stereocenters. The fourth-order valence-electron chi connectivity index (χ4n) is 2.88. The lowest BCUT2D eigenvalue weighted by Crippen LogP contribution is -2.49. The van der Waals surface area contributed by atoms with Gasteiger partial charge in [0.15, 0.2) is 5.69 Å². The normalized spacial score (nSPS) is 15.6. The van der Waals surface area contributed by atoms with Gasteiger partial charge in [0.25, 0.3) is 0 Å². The van der Waals surface area contributed by atoms with Crippen LogP contribution < -0.4 is 0 Å². The SMILES string of the molecule is O=C(O)c1ccn(C(=O)N2CCN(Cc3ccc(C(F)(F)F)cc3Cl)CC2)n1. The van der Waals surface area contributed by atoms with Crippen LogP contribution in [0.4, 0.5) is 18.0 Å². The summed E-state index contributed by atoms with van der Waals surface area (Å²) in [5.74, 6) is -1.22. The van der Waals surface area contributed by atoms with Gasteiger partial charge < -0.3 is 10.0 Å². The molecule has 1 aromatic heterocycles. The molecule has 3 rings (SSSR count). The lowest BCUT2D eigenvalue weighted by Gasteiger charge is -2.34. The van der Waals surface area contributed by atoms with Crippen LogP contribution in [0.25, 0.3) is 0 Å². The molecule has 2 aromatic rings. The minimum atomic E-state index is -4.44. The van der Waals surface area contributed by atoms with Crippen molar-refractivity contribution in [2.24, 2.45) is 0 Å². The molecule has 1 aliphatic rings. The summed E-state index contributed by atoms with van der Waals surface area (Å²) in [6.07, 6.45) is -3.15. The average molecular weight is 417 g/mol. The number of benzene rings is 1. The van der Waals surface area contributed by atoms with Crippen molar-refractivity contribution < 1.29 is 27.9 Å². The lowest BCUT2D eigenvalue weighted by molar-refractivity contribution is -0.137. The van der Waals surface area contributed by atoms with Crippen LogP contribution in [-0.2, 0) is 12.7 Å². The lowest BCUT2D eigenvalue weighted by atomic mass is 10.1. The van der Waals surface area contributed by atoms with Crippen molar-refractivity contribution in [3.63, 3.8) is 0 Å². The number of alkyl halides is 3. The summed E-state index contributed by atoms with van der Waals surface area (Å²) in [6.45, 7) is 2.11. The molecule has 0 bridgehead atoms. The molecule has 1 saturated heterocycles. The van der Waals surface area contributed by atoms with Crippen LogP contribution in [0.1, 0.15) is 21.6 Å². The molecule has 1 N–H and O–H groups in total. The summed E-state index contributed by atoms with van der Waals surface area (Å²) in [6, 6.07) is 4.08. The van der Waals surface area contributed by atoms with Crippen LogP contribution in [0.15, 0.2) is 30.5 Å². The van der Waals surface area contributed by atoms with Crippen molar-refractivity contribution in [1.82, 2.24) is 19.6 Å². The maximum absolute atomic E-state index is 12.7. The Morgan fingerprint density at radius 3 is 2.36 bits per heavy atom. The number of hydrogen-bond donors (Lipinski definition) is 1. The van der Waals surface area contributed by atoms with E-state index in [0.717, 1.165) is 16.8 Å². The van der Waals surface area contributed by atoms with Crippen molar-refractivity contribution in [3.8, 4) is 0 Å². The third-order valence-electron chi connectivity index (χ3n) is 4.42. The second kappa shape index (κ2) is 7.80. The highest BCUT2D eigenvalue weighted by Crippen LogP contribution is 2.32. The summed E-state index contributed by atoms with van der Waals surface area (Å²) in [5.41, 5.74) is -0.437. The molecule has 11 heteroatoms. The quantitative estimate of drug-likeness (QED) is 0.832. The molecule has 0 spiro atoms.